The summed E-state index contributed by atoms with van der Waals surface area (Å²) in [6, 6.07) is 79.8. The van der Waals surface area contributed by atoms with Crippen molar-refractivity contribution in [3.05, 3.63) is 242 Å². The molecular formula is C64H40N4. The van der Waals surface area contributed by atoms with E-state index in [1.807, 2.05) is 66.7 Å². The van der Waals surface area contributed by atoms with Gasteiger partial charge in [0.25, 0.3) is 0 Å². The van der Waals surface area contributed by atoms with E-state index in [0.717, 1.165) is 67.5 Å². The Morgan fingerprint density at radius 3 is 1.60 bits per heavy atom. The highest BCUT2D eigenvalue weighted by molar-refractivity contribution is 6.16. The van der Waals surface area contributed by atoms with Crippen LogP contribution in [-0.2, 0) is 0 Å². The molecule has 0 saturated heterocycles. The third kappa shape index (κ3) is 6.76. The summed E-state index contributed by atoms with van der Waals surface area (Å²) in [7, 11) is 0. The van der Waals surface area contributed by atoms with Crippen molar-refractivity contribution >= 4 is 55.5 Å². The first-order chi connectivity index (χ1) is 33.7. The topological polar surface area (TPSA) is 43.6 Å². The van der Waals surface area contributed by atoms with Crippen LogP contribution in [-0.4, -0.2) is 19.5 Å². The molecule has 2 aromatic heterocycles. The Morgan fingerprint density at radius 2 is 0.912 bits per heavy atom. The molecule has 316 valence electrons. The Labute approximate surface area is 394 Å². The summed E-state index contributed by atoms with van der Waals surface area (Å²) in [6.07, 6.45) is 9.95. The monoisotopic (exact) mass is 864 g/mol. The summed E-state index contributed by atoms with van der Waals surface area (Å²) in [5.74, 6) is 1.91. The highest BCUT2D eigenvalue weighted by atomic mass is 15.0. The Balaban J connectivity index is 0.895. The molecule has 2 heterocycles. The fraction of sp³-hybridized carbons (Fsp3) is 0.0156. The van der Waals surface area contributed by atoms with E-state index in [-0.39, 0.29) is 0 Å². The maximum absolute atomic E-state index is 5.01. The lowest BCUT2D eigenvalue weighted by Crippen LogP contribution is -2.00. The highest BCUT2D eigenvalue weighted by Gasteiger charge is 2.19. The third-order valence-electron chi connectivity index (χ3n) is 13.3. The van der Waals surface area contributed by atoms with Gasteiger partial charge in [0.05, 0.1) is 11.0 Å². The van der Waals surface area contributed by atoms with Gasteiger partial charge in [0, 0.05) is 44.1 Å². The molecule has 4 heteroatoms. The first kappa shape index (κ1) is 39.2. The summed E-state index contributed by atoms with van der Waals surface area (Å²) in [4.78, 5) is 14.9. The molecule has 0 atom stereocenters. The molecule has 10 aromatic carbocycles. The molecule has 0 spiro atoms. The number of hydrogen-bond donors (Lipinski definition) is 0. The van der Waals surface area contributed by atoms with Gasteiger partial charge in [0.1, 0.15) is 0 Å². The number of rotatable bonds is 7. The fourth-order valence-corrected chi connectivity index (χ4v) is 10.1. The Morgan fingerprint density at radius 1 is 0.382 bits per heavy atom. The molecule has 4 nitrogen and oxygen atoms in total. The van der Waals surface area contributed by atoms with Crippen LogP contribution in [0.4, 0.5) is 0 Å². The van der Waals surface area contributed by atoms with Crippen LogP contribution in [0.1, 0.15) is 17.5 Å². The van der Waals surface area contributed by atoms with Crippen molar-refractivity contribution in [1.29, 1.82) is 0 Å². The summed E-state index contributed by atoms with van der Waals surface area (Å²) in [5.41, 5.74) is 15.7. The number of allylic oxidation sites excluding steroid dienone is 2. The number of hydrogen-bond acceptors (Lipinski definition) is 3. The van der Waals surface area contributed by atoms with Crippen molar-refractivity contribution in [1.82, 2.24) is 19.5 Å². The first-order valence-electron chi connectivity index (χ1n) is 23.1. The van der Waals surface area contributed by atoms with Crippen molar-refractivity contribution < 1.29 is 0 Å². The van der Waals surface area contributed by atoms with Gasteiger partial charge in [-0.3, -0.25) is 0 Å². The number of nitrogens with zero attached hydrogens (tertiary/aromatic N) is 4. The van der Waals surface area contributed by atoms with Crippen LogP contribution in [0.5, 0.6) is 0 Å². The van der Waals surface area contributed by atoms with Crippen LogP contribution in [0, 0.1) is 12.1 Å². The second-order valence-electron chi connectivity index (χ2n) is 17.3. The molecule has 0 unspecified atom stereocenters. The van der Waals surface area contributed by atoms with Crippen molar-refractivity contribution in [2.75, 3.05) is 0 Å². The number of para-hydroxylation sites is 2. The largest absolute Gasteiger partial charge is 0.309 e. The molecule has 0 N–H and O–H groups in total. The minimum Gasteiger partial charge on any atom is -0.309 e. The molecular weight excluding hydrogens is 825 g/mol. The third-order valence-corrected chi connectivity index (χ3v) is 13.3. The maximum Gasteiger partial charge on any atom is 0.164 e. The summed E-state index contributed by atoms with van der Waals surface area (Å²) < 4.78 is 2.40. The van der Waals surface area contributed by atoms with E-state index in [1.165, 1.54) is 49.2 Å². The molecule has 0 radical (unpaired) electrons. The minimum absolute atomic E-state index is 0.628. The second kappa shape index (κ2) is 16.4. The lowest BCUT2D eigenvalue weighted by atomic mass is 9.90. The molecule has 13 rings (SSSR count). The molecule has 0 aliphatic heterocycles. The second-order valence-corrected chi connectivity index (χ2v) is 17.3. The van der Waals surface area contributed by atoms with E-state index in [4.69, 9.17) is 15.0 Å². The summed E-state index contributed by atoms with van der Waals surface area (Å²) in [5, 5.41) is 7.15. The van der Waals surface area contributed by atoms with Crippen molar-refractivity contribution in [2.24, 2.45) is 0 Å². The van der Waals surface area contributed by atoms with E-state index >= 15 is 0 Å². The SMILES string of the molecule is c1ccc2c3c(c4ccc(-c5cccc(-c6cccc(-c7cccc8c9ccccc9n(-c9ccc(-c%10nc(-c%11ccccc%11)nc(-c%11ccccc%11)n%10)cc9)c78)c6)c5)cc4c2c#1)C=CCC=C3. The van der Waals surface area contributed by atoms with Gasteiger partial charge in [-0.1, -0.05) is 182 Å². The van der Waals surface area contributed by atoms with Gasteiger partial charge in [-0.2, -0.15) is 0 Å². The van der Waals surface area contributed by atoms with E-state index in [9.17, 15) is 0 Å². The Hall–Kier alpha value is -9.17. The maximum atomic E-state index is 5.01. The summed E-state index contributed by atoms with van der Waals surface area (Å²) >= 11 is 0. The molecule has 0 saturated carbocycles. The van der Waals surface area contributed by atoms with Crippen LogP contribution >= 0.6 is 0 Å². The molecule has 1 aliphatic carbocycles. The summed E-state index contributed by atoms with van der Waals surface area (Å²) in [6.45, 7) is 0. The Bertz CT molecular complexity index is 3920. The molecule has 1 aliphatic rings. The molecule has 0 amide bonds. The van der Waals surface area contributed by atoms with Crippen LogP contribution in [0.15, 0.2) is 218 Å². The van der Waals surface area contributed by atoms with Crippen LogP contribution in [0.2, 0.25) is 0 Å². The van der Waals surface area contributed by atoms with Crippen LogP contribution in [0.25, 0.3) is 129 Å². The number of fused-ring (bicyclic) bond motifs is 9. The van der Waals surface area contributed by atoms with Gasteiger partial charge < -0.3 is 4.57 Å². The average molecular weight is 865 g/mol. The molecule has 0 fully saturated rings. The zero-order valence-electron chi connectivity index (χ0n) is 36.9. The molecule has 0 bridgehead atoms. The quantitative estimate of drug-likeness (QED) is 0.160. The van der Waals surface area contributed by atoms with Gasteiger partial charge in [-0.15, -0.1) is 0 Å². The predicted octanol–water partition coefficient (Wildman–Crippen LogP) is 16.3. The van der Waals surface area contributed by atoms with E-state index < -0.39 is 0 Å². The van der Waals surface area contributed by atoms with Crippen LogP contribution in [0.3, 0.4) is 0 Å². The Kier molecular flexibility index (Phi) is 9.44. The average Bonchev–Trinajstić information content (AvgIpc) is 3.55. The molecule has 12 aromatic rings. The first-order valence-corrected chi connectivity index (χ1v) is 23.1. The van der Waals surface area contributed by atoms with Crippen molar-refractivity contribution in [3.8, 4) is 73.2 Å². The van der Waals surface area contributed by atoms with Crippen molar-refractivity contribution in [3.63, 3.8) is 0 Å². The van der Waals surface area contributed by atoms with Gasteiger partial charge in [0.15, 0.2) is 17.5 Å². The standard InChI is InChI=1S/C64H40N4/c1-4-17-42(18-5-1)62-65-63(43-19-6-2-7-20-43)67-64(66-62)44-33-36-50(37-34-44)68-60-32-13-12-29-57(60)58-31-16-30-51(61(58)68)49-24-15-23-47(40-49)45-21-14-22-46(39-45)48-35-38-56-54-26-9-3-8-25-52(54)53-27-10-11-28-55(53)59(56)41-48/h1-2,4-10,12-27,29-41H,3H2. The van der Waals surface area contributed by atoms with E-state index in [1.54, 1.807) is 0 Å². The normalized spacial score (nSPS) is 12.1. The van der Waals surface area contributed by atoms with Gasteiger partial charge in [0.2, 0.25) is 0 Å². The van der Waals surface area contributed by atoms with E-state index in [0.29, 0.717) is 17.5 Å². The fourth-order valence-electron chi connectivity index (χ4n) is 10.1. The zero-order chi connectivity index (χ0) is 45.0. The highest BCUT2D eigenvalue weighted by Crippen LogP contribution is 2.41. The molecule has 68 heavy (non-hydrogen) atoms. The smallest absolute Gasteiger partial charge is 0.164 e. The minimum atomic E-state index is 0.628. The number of aromatic nitrogens is 4. The van der Waals surface area contributed by atoms with E-state index in [2.05, 4.69) is 181 Å². The lowest BCUT2D eigenvalue weighted by Gasteiger charge is -2.14. The van der Waals surface area contributed by atoms with Crippen LogP contribution < -0.4 is 0 Å². The number of benzene rings is 9. The van der Waals surface area contributed by atoms with Gasteiger partial charge in [-0.25, -0.2) is 15.0 Å². The lowest BCUT2D eigenvalue weighted by molar-refractivity contribution is 1.07. The van der Waals surface area contributed by atoms with Gasteiger partial charge in [-0.05, 0) is 122 Å². The zero-order valence-corrected chi connectivity index (χ0v) is 36.9. The van der Waals surface area contributed by atoms with Crippen molar-refractivity contribution in [2.45, 2.75) is 6.42 Å². The van der Waals surface area contributed by atoms with Gasteiger partial charge >= 0.3 is 0 Å². The predicted molar refractivity (Wildman–Crippen MR) is 282 cm³/mol.